The quantitative estimate of drug-likeness (QED) is 0.556. The topological polar surface area (TPSA) is 72.9 Å². The number of aldehydes is 1. The van der Waals surface area contributed by atoms with E-state index in [-0.39, 0.29) is 19.5 Å². The Hall–Kier alpha value is -1.59. The minimum Gasteiger partial charge on any atom is -0.468 e. The van der Waals surface area contributed by atoms with Gasteiger partial charge >= 0.3 is 12.1 Å². The maximum absolute atomic E-state index is 11.7. The molecule has 1 rings (SSSR count). The number of amides is 1. The Morgan fingerprint density at radius 3 is 2.28 bits per heavy atom. The van der Waals surface area contributed by atoms with Crippen LogP contribution in [0.2, 0.25) is 0 Å². The number of rotatable bonds is 3. The second-order valence-corrected chi connectivity index (χ2v) is 5.48. The molecule has 0 spiro atoms. The van der Waals surface area contributed by atoms with Gasteiger partial charge < -0.3 is 19.2 Å². The fraction of sp³-hybridized carbons (Fsp3) is 0.750. The number of nitrogens with zero attached hydrogens (tertiary/aromatic N) is 1. The molecule has 18 heavy (non-hydrogen) atoms. The Labute approximate surface area is 106 Å². The molecule has 1 fully saturated rings. The van der Waals surface area contributed by atoms with Gasteiger partial charge in [0.15, 0.2) is 0 Å². The van der Waals surface area contributed by atoms with Gasteiger partial charge in [0.1, 0.15) is 17.3 Å². The van der Waals surface area contributed by atoms with Crippen LogP contribution in [0, 0.1) is 5.41 Å². The monoisotopic (exact) mass is 257 g/mol. The first-order valence-corrected chi connectivity index (χ1v) is 5.74. The number of esters is 1. The van der Waals surface area contributed by atoms with Crippen molar-refractivity contribution >= 4 is 18.3 Å². The molecule has 102 valence electrons. The number of likely N-dealkylation sites (tertiary alicyclic amines) is 1. The first kappa shape index (κ1) is 14.5. The van der Waals surface area contributed by atoms with Crippen LogP contribution in [0.1, 0.15) is 27.2 Å². The molecule has 1 amide bonds. The molecule has 1 heterocycles. The zero-order valence-electron chi connectivity index (χ0n) is 11.2. The van der Waals surface area contributed by atoms with Crippen molar-refractivity contribution < 1.29 is 23.9 Å². The zero-order chi connectivity index (χ0) is 14.0. The predicted molar refractivity (Wildman–Crippen MR) is 62.9 cm³/mol. The molecule has 0 aliphatic carbocycles. The average molecular weight is 257 g/mol. The van der Waals surface area contributed by atoms with Gasteiger partial charge in [-0.15, -0.1) is 0 Å². The van der Waals surface area contributed by atoms with E-state index in [1.54, 1.807) is 20.8 Å². The third-order valence-corrected chi connectivity index (χ3v) is 2.73. The second kappa shape index (κ2) is 4.96. The molecule has 1 aliphatic heterocycles. The highest BCUT2D eigenvalue weighted by Crippen LogP contribution is 2.35. The van der Waals surface area contributed by atoms with E-state index in [0.717, 1.165) is 0 Å². The molecule has 0 aromatic rings. The number of methoxy groups -OCH3 is 1. The lowest BCUT2D eigenvalue weighted by Crippen LogP contribution is -2.63. The summed E-state index contributed by atoms with van der Waals surface area (Å²) in [6.07, 6.45) is 0.246. The number of hydrogen-bond donors (Lipinski definition) is 0. The van der Waals surface area contributed by atoms with Crippen molar-refractivity contribution in [2.45, 2.75) is 32.8 Å². The molecule has 0 N–H and O–H groups in total. The van der Waals surface area contributed by atoms with Crippen molar-refractivity contribution in [3.05, 3.63) is 0 Å². The van der Waals surface area contributed by atoms with Crippen molar-refractivity contribution in [3.8, 4) is 0 Å². The molecule has 0 aromatic carbocycles. The van der Waals surface area contributed by atoms with E-state index in [2.05, 4.69) is 4.74 Å². The normalized spacial score (nSPS) is 17.7. The highest BCUT2D eigenvalue weighted by atomic mass is 16.6. The van der Waals surface area contributed by atoms with Crippen LogP contribution in [0.15, 0.2) is 0 Å². The number of carbonyl (C=O) groups is 3. The van der Waals surface area contributed by atoms with Crippen LogP contribution in [0.5, 0.6) is 0 Å². The highest BCUT2D eigenvalue weighted by Gasteiger charge is 2.52. The maximum atomic E-state index is 11.7. The molecule has 0 bridgehead atoms. The first-order valence-electron chi connectivity index (χ1n) is 5.74. The molecule has 6 nitrogen and oxygen atoms in total. The van der Waals surface area contributed by atoms with Gasteiger partial charge in [-0.2, -0.15) is 0 Å². The Morgan fingerprint density at radius 1 is 1.33 bits per heavy atom. The molecule has 6 heteroatoms. The third kappa shape index (κ3) is 3.00. The average Bonchev–Trinajstić information content (AvgIpc) is 2.18. The second-order valence-electron chi connectivity index (χ2n) is 5.48. The van der Waals surface area contributed by atoms with Crippen molar-refractivity contribution in [3.63, 3.8) is 0 Å². The van der Waals surface area contributed by atoms with Crippen molar-refractivity contribution in [2.24, 2.45) is 5.41 Å². The Morgan fingerprint density at radius 2 is 1.89 bits per heavy atom. The Bertz CT molecular complexity index is 352. The van der Waals surface area contributed by atoms with Crippen LogP contribution >= 0.6 is 0 Å². The summed E-state index contributed by atoms with van der Waals surface area (Å²) in [5, 5.41) is 0. The van der Waals surface area contributed by atoms with Gasteiger partial charge in [-0.3, -0.25) is 4.79 Å². The third-order valence-electron chi connectivity index (χ3n) is 2.73. The summed E-state index contributed by atoms with van der Waals surface area (Å²) in [5.74, 6) is -0.464. The van der Waals surface area contributed by atoms with Crippen molar-refractivity contribution in [2.75, 3.05) is 20.2 Å². The van der Waals surface area contributed by atoms with Crippen molar-refractivity contribution in [1.29, 1.82) is 0 Å². The van der Waals surface area contributed by atoms with E-state index in [1.165, 1.54) is 12.0 Å². The number of ether oxygens (including phenoxy) is 2. The van der Waals surface area contributed by atoms with Gasteiger partial charge in [0.25, 0.3) is 0 Å². The minimum absolute atomic E-state index is 0.0545. The molecule has 0 unspecified atom stereocenters. The van der Waals surface area contributed by atoms with Gasteiger partial charge in [-0.1, -0.05) is 0 Å². The van der Waals surface area contributed by atoms with Crippen LogP contribution in [-0.4, -0.2) is 49.0 Å². The van der Waals surface area contributed by atoms with E-state index in [1.807, 2.05) is 0 Å². The molecular weight excluding hydrogens is 238 g/mol. The fourth-order valence-electron chi connectivity index (χ4n) is 1.86. The molecule has 0 radical (unpaired) electrons. The van der Waals surface area contributed by atoms with Crippen LogP contribution in [0.4, 0.5) is 4.79 Å². The smallest absolute Gasteiger partial charge is 0.410 e. The molecule has 0 saturated carbocycles. The van der Waals surface area contributed by atoms with Crippen LogP contribution in [-0.2, 0) is 19.1 Å². The first-order chi connectivity index (χ1) is 8.24. The summed E-state index contributed by atoms with van der Waals surface area (Å²) in [6.45, 7) is 5.62. The van der Waals surface area contributed by atoms with E-state index in [0.29, 0.717) is 6.29 Å². The Balaban J connectivity index is 2.61. The zero-order valence-corrected chi connectivity index (χ0v) is 11.2. The summed E-state index contributed by atoms with van der Waals surface area (Å²) in [7, 11) is 1.27. The van der Waals surface area contributed by atoms with Gasteiger partial charge in [0.05, 0.1) is 7.11 Å². The minimum atomic E-state index is -0.895. The summed E-state index contributed by atoms with van der Waals surface area (Å²) >= 11 is 0. The molecule has 1 saturated heterocycles. The van der Waals surface area contributed by atoms with Crippen molar-refractivity contribution in [1.82, 2.24) is 4.90 Å². The van der Waals surface area contributed by atoms with Gasteiger partial charge in [-0.25, -0.2) is 4.79 Å². The van der Waals surface area contributed by atoms with E-state index in [4.69, 9.17) is 4.74 Å². The number of carbonyl (C=O) groups excluding carboxylic acids is 3. The fourth-order valence-corrected chi connectivity index (χ4v) is 1.86. The van der Waals surface area contributed by atoms with Gasteiger partial charge in [0.2, 0.25) is 0 Å². The van der Waals surface area contributed by atoms with E-state index >= 15 is 0 Å². The summed E-state index contributed by atoms with van der Waals surface area (Å²) in [4.78, 5) is 35.3. The highest BCUT2D eigenvalue weighted by molar-refractivity contribution is 5.84. The lowest BCUT2D eigenvalue weighted by molar-refractivity contribution is -0.164. The van der Waals surface area contributed by atoms with E-state index in [9.17, 15) is 14.4 Å². The van der Waals surface area contributed by atoms with Gasteiger partial charge in [-0.05, 0) is 20.8 Å². The van der Waals surface area contributed by atoms with E-state index < -0.39 is 23.1 Å². The van der Waals surface area contributed by atoms with Crippen LogP contribution in [0.25, 0.3) is 0 Å². The lowest BCUT2D eigenvalue weighted by atomic mass is 9.77. The molecular formula is C12H19NO5. The Kier molecular flexibility index (Phi) is 3.98. The number of hydrogen-bond acceptors (Lipinski definition) is 5. The van der Waals surface area contributed by atoms with Gasteiger partial charge in [0, 0.05) is 19.5 Å². The molecule has 0 aromatic heterocycles. The summed E-state index contributed by atoms with van der Waals surface area (Å²) in [6, 6.07) is 0. The lowest BCUT2D eigenvalue weighted by Gasteiger charge is -2.46. The van der Waals surface area contributed by atoms with Crippen LogP contribution < -0.4 is 0 Å². The molecule has 0 atom stereocenters. The SMILES string of the molecule is COC(=O)C1(CC=O)CN(C(=O)OC(C)(C)C)C1. The standard InChI is InChI=1S/C12H19NO5/c1-11(2,3)18-10(16)13-7-12(8-13,5-6-14)9(15)17-4/h6H,5,7-8H2,1-4H3. The van der Waals surface area contributed by atoms with Crippen LogP contribution in [0.3, 0.4) is 0 Å². The molecule has 1 aliphatic rings. The predicted octanol–water partition coefficient (Wildman–Crippen LogP) is 0.985. The maximum Gasteiger partial charge on any atom is 0.410 e. The largest absolute Gasteiger partial charge is 0.468 e. The summed E-state index contributed by atoms with van der Waals surface area (Å²) < 4.78 is 9.84. The summed E-state index contributed by atoms with van der Waals surface area (Å²) in [5.41, 5.74) is -1.47.